The lowest BCUT2D eigenvalue weighted by molar-refractivity contribution is -0.172. The van der Waals surface area contributed by atoms with E-state index in [1.54, 1.807) is 0 Å². The van der Waals surface area contributed by atoms with Crippen LogP contribution in [0.15, 0.2) is 12.2 Å². The van der Waals surface area contributed by atoms with Crippen LogP contribution in [0.1, 0.15) is 53.4 Å². The van der Waals surface area contributed by atoms with Crippen molar-refractivity contribution in [2.45, 2.75) is 65.6 Å². The average molecular weight is 280 g/mol. The van der Waals surface area contributed by atoms with Crippen molar-refractivity contribution in [3.63, 3.8) is 0 Å². The first-order chi connectivity index (χ1) is 9.27. The molecule has 0 saturated heterocycles. The molecule has 1 N–H and O–H groups in total. The van der Waals surface area contributed by atoms with Gasteiger partial charge in [-0.3, -0.25) is 4.79 Å². The Morgan fingerprint density at radius 1 is 1.45 bits per heavy atom. The van der Waals surface area contributed by atoms with E-state index in [1.165, 1.54) is 6.92 Å². The summed E-state index contributed by atoms with van der Waals surface area (Å²) in [6, 6.07) is 0. The Labute approximate surface area is 122 Å². The molecule has 0 amide bonds. The summed E-state index contributed by atoms with van der Waals surface area (Å²) in [4.78, 5) is 11.5. The lowest BCUT2D eigenvalue weighted by Crippen LogP contribution is -2.55. The number of esters is 1. The van der Waals surface area contributed by atoms with Gasteiger partial charge in [-0.1, -0.05) is 32.9 Å². The van der Waals surface area contributed by atoms with Gasteiger partial charge in [-0.2, -0.15) is 0 Å². The van der Waals surface area contributed by atoms with Gasteiger partial charge in [0.05, 0.1) is 6.10 Å². The highest BCUT2D eigenvalue weighted by Crippen LogP contribution is 2.55. The van der Waals surface area contributed by atoms with Crippen molar-refractivity contribution in [2.75, 3.05) is 0 Å². The third kappa shape index (κ3) is 2.52. The standard InChI is InChI=1S/C17H28O3/c1-10(2)13-8-9-17(5)14(19)7-6-11(3)15(17)16(13)20-12(4)18/h10,13-16,19H,3,6-9H2,1-2,4-5H3/t13-,14+,15+,16-,17-/m0/s1. The van der Waals surface area contributed by atoms with Gasteiger partial charge >= 0.3 is 5.97 Å². The van der Waals surface area contributed by atoms with Crippen molar-refractivity contribution < 1.29 is 14.6 Å². The van der Waals surface area contributed by atoms with Crippen molar-refractivity contribution in [3.8, 4) is 0 Å². The maximum absolute atomic E-state index is 11.5. The molecule has 0 aromatic carbocycles. The smallest absolute Gasteiger partial charge is 0.302 e. The van der Waals surface area contributed by atoms with Crippen LogP contribution >= 0.6 is 0 Å². The van der Waals surface area contributed by atoms with Gasteiger partial charge in [0.2, 0.25) is 0 Å². The second-order valence-corrected chi connectivity index (χ2v) is 7.22. The van der Waals surface area contributed by atoms with E-state index in [0.29, 0.717) is 11.8 Å². The molecule has 2 saturated carbocycles. The highest BCUT2D eigenvalue weighted by Gasteiger charge is 2.54. The Balaban J connectivity index is 2.37. The van der Waals surface area contributed by atoms with Crippen molar-refractivity contribution in [1.29, 1.82) is 0 Å². The third-order valence-corrected chi connectivity index (χ3v) is 5.58. The quantitative estimate of drug-likeness (QED) is 0.623. The average Bonchev–Trinajstić information content (AvgIpc) is 2.33. The summed E-state index contributed by atoms with van der Waals surface area (Å²) < 4.78 is 5.71. The zero-order chi connectivity index (χ0) is 15.1. The predicted octanol–water partition coefficient (Wildman–Crippen LogP) is 3.32. The molecule has 2 aliphatic carbocycles. The molecule has 0 unspecified atom stereocenters. The molecule has 2 rings (SSSR count). The number of hydrogen-bond donors (Lipinski definition) is 1. The molecule has 0 heterocycles. The van der Waals surface area contributed by atoms with Crippen LogP contribution in [0, 0.1) is 23.2 Å². The van der Waals surface area contributed by atoms with E-state index in [-0.39, 0.29) is 29.5 Å². The van der Waals surface area contributed by atoms with Crippen molar-refractivity contribution in [1.82, 2.24) is 0 Å². The summed E-state index contributed by atoms with van der Waals surface area (Å²) in [6.07, 6.45) is 3.17. The number of fused-ring (bicyclic) bond motifs is 1. The van der Waals surface area contributed by atoms with Gasteiger partial charge in [0.25, 0.3) is 0 Å². The lowest BCUT2D eigenvalue weighted by Gasteiger charge is -2.55. The second kappa shape index (κ2) is 5.51. The highest BCUT2D eigenvalue weighted by molar-refractivity contribution is 5.66. The van der Waals surface area contributed by atoms with E-state index in [4.69, 9.17) is 4.74 Å². The molecule has 2 fully saturated rings. The zero-order valence-corrected chi connectivity index (χ0v) is 13.2. The first-order valence-electron chi connectivity index (χ1n) is 7.80. The molecular weight excluding hydrogens is 252 g/mol. The fraction of sp³-hybridized carbons (Fsp3) is 0.824. The fourth-order valence-corrected chi connectivity index (χ4v) is 4.36. The van der Waals surface area contributed by atoms with E-state index in [1.807, 2.05) is 0 Å². The van der Waals surface area contributed by atoms with Crippen LogP contribution < -0.4 is 0 Å². The SMILES string of the molecule is C=C1CC[C@@H](O)[C@]2(C)CC[C@@H](C(C)C)[C@H](OC(C)=O)[C@@H]12. The molecule has 5 atom stereocenters. The molecule has 0 aromatic rings. The normalized spacial score (nSPS) is 41.4. The van der Waals surface area contributed by atoms with Gasteiger partial charge in [0, 0.05) is 18.3 Å². The number of carbonyl (C=O) groups is 1. The van der Waals surface area contributed by atoms with Crippen molar-refractivity contribution in [2.24, 2.45) is 23.2 Å². The minimum absolute atomic E-state index is 0.0938. The van der Waals surface area contributed by atoms with Crippen LogP contribution in [0.5, 0.6) is 0 Å². The van der Waals surface area contributed by atoms with Crippen LogP contribution in [-0.2, 0) is 9.53 Å². The summed E-state index contributed by atoms with van der Waals surface area (Å²) >= 11 is 0. The Morgan fingerprint density at radius 2 is 2.10 bits per heavy atom. The molecular formula is C17H28O3. The van der Waals surface area contributed by atoms with Gasteiger partial charge in [0.15, 0.2) is 0 Å². The van der Waals surface area contributed by atoms with Crippen LogP contribution in [0.4, 0.5) is 0 Å². The summed E-state index contributed by atoms with van der Waals surface area (Å²) in [5.74, 6) is 0.698. The van der Waals surface area contributed by atoms with E-state index in [9.17, 15) is 9.90 Å². The molecule has 3 nitrogen and oxygen atoms in total. The molecule has 0 aromatic heterocycles. The maximum atomic E-state index is 11.5. The largest absolute Gasteiger partial charge is 0.462 e. The van der Waals surface area contributed by atoms with Crippen LogP contribution in [0.25, 0.3) is 0 Å². The Hall–Kier alpha value is -0.830. The first kappa shape index (κ1) is 15.6. The van der Waals surface area contributed by atoms with Crippen molar-refractivity contribution in [3.05, 3.63) is 12.2 Å². The summed E-state index contributed by atoms with van der Waals surface area (Å²) in [6.45, 7) is 12.2. The highest BCUT2D eigenvalue weighted by atomic mass is 16.5. The summed E-state index contributed by atoms with van der Waals surface area (Å²) in [5, 5.41) is 10.5. The number of carbonyl (C=O) groups excluding carboxylic acids is 1. The molecule has 0 radical (unpaired) electrons. The van der Waals surface area contributed by atoms with Crippen LogP contribution in [0.3, 0.4) is 0 Å². The predicted molar refractivity (Wildman–Crippen MR) is 79.1 cm³/mol. The van der Waals surface area contributed by atoms with Gasteiger partial charge in [0.1, 0.15) is 6.10 Å². The lowest BCUT2D eigenvalue weighted by atomic mass is 9.53. The minimum Gasteiger partial charge on any atom is -0.462 e. The van der Waals surface area contributed by atoms with Gasteiger partial charge < -0.3 is 9.84 Å². The van der Waals surface area contributed by atoms with Crippen LogP contribution in [-0.4, -0.2) is 23.3 Å². The van der Waals surface area contributed by atoms with Crippen LogP contribution in [0.2, 0.25) is 0 Å². The molecule has 3 heteroatoms. The first-order valence-corrected chi connectivity index (χ1v) is 7.80. The van der Waals surface area contributed by atoms with Gasteiger partial charge in [-0.05, 0) is 37.5 Å². The monoisotopic (exact) mass is 280 g/mol. The number of hydrogen-bond acceptors (Lipinski definition) is 3. The van der Waals surface area contributed by atoms with E-state index in [0.717, 1.165) is 31.3 Å². The molecule has 114 valence electrons. The van der Waals surface area contributed by atoms with E-state index in [2.05, 4.69) is 27.4 Å². The van der Waals surface area contributed by atoms with Gasteiger partial charge in [-0.15, -0.1) is 0 Å². The maximum Gasteiger partial charge on any atom is 0.302 e. The number of rotatable bonds is 2. The molecule has 20 heavy (non-hydrogen) atoms. The topological polar surface area (TPSA) is 46.5 Å². The Morgan fingerprint density at radius 3 is 2.65 bits per heavy atom. The second-order valence-electron chi connectivity index (χ2n) is 7.22. The molecule has 0 spiro atoms. The number of ether oxygens (including phenoxy) is 1. The van der Waals surface area contributed by atoms with E-state index >= 15 is 0 Å². The zero-order valence-electron chi connectivity index (χ0n) is 13.2. The van der Waals surface area contributed by atoms with Gasteiger partial charge in [-0.25, -0.2) is 0 Å². The minimum atomic E-state index is -0.316. The summed E-state index contributed by atoms with van der Waals surface area (Å²) in [5.41, 5.74) is 0.954. The fourth-order valence-electron chi connectivity index (χ4n) is 4.36. The number of aliphatic hydroxyl groups excluding tert-OH is 1. The Kier molecular flexibility index (Phi) is 4.29. The molecule has 0 bridgehead atoms. The third-order valence-electron chi connectivity index (χ3n) is 5.58. The summed E-state index contributed by atoms with van der Waals surface area (Å²) in [7, 11) is 0. The van der Waals surface area contributed by atoms with E-state index < -0.39 is 0 Å². The number of aliphatic hydroxyl groups is 1. The Bertz CT molecular complexity index is 401. The van der Waals surface area contributed by atoms with Crippen molar-refractivity contribution >= 4 is 5.97 Å². The molecule has 2 aliphatic rings. The molecule has 0 aliphatic heterocycles.